The Labute approximate surface area is 157 Å². The zero-order valence-corrected chi connectivity index (χ0v) is 16.5. The second-order valence-electron chi connectivity index (χ2n) is 7.10. The predicted molar refractivity (Wildman–Crippen MR) is 105 cm³/mol. The number of aryl methyl sites for hydroxylation is 3. The van der Waals surface area contributed by atoms with Gasteiger partial charge in [0.1, 0.15) is 6.04 Å². The second kappa shape index (κ2) is 6.72. The fraction of sp³-hybridized carbons (Fsp3) is 0.333. The molecule has 136 valence electrons. The summed E-state index contributed by atoms with van der Waals surface area (Å²) in [5.41, 5.74) is 4.08. The number of ketones is 1. The Bertz CT molecular complexity index is 923. The molecular weight excluding hydrogens is 346 g/mol. The van der Waals surface area contributed by atoms with E-state index in [1.54, 1.807) is 18.7 Å². The first-order chi connectivity index (χ1) is 12.2. The molecule has 0 spiro atoms. The molecule has 0 saturated heterocycles. The standard InChI is InChI=1S/C21H23NO3S/c1-11(2)18(23)16-17(20-13(4)8-9-26-20)22(21(25)19(16)24)15-7-6-12(3)14(5)10-15/h6-11,17,24H,1-5H3. The van der Waals surface area contributed by atoms with Crippen molar-refractivity contribution in [2.45, 2.75) is 40.7 Å². The topological polar surface area (TPSA) is 57.6 Å². The lowest BCUT2D eigenvalue weighted by Gasteiger charge is -2.27. The van der Waals surface area contributed by atoms with Gasteiger partial charge in [-0.3, -0.25) is 14.5 Å². The SMILES string of the molecule is Cc1ccc(N2C(=O)C(O)=C(C(=O)C(C)C)C2c2sccc2C)cc1C. The van der Waals surface area contributed by atoms with Crippen LogP contribution >= 0.6 is 11.3 Å². The number of aliphatic hydroxyl groups is 1. The van der Waals surface area contributed by atoms with E-state index in [-0.39, 0.29) is 17.3 Å². The molecule has 3 rings (SSSR count). The molecule has 26 heavy (non-hydrogen) atoms. The zero-order chi connectivity index (χ0) is 19.2. The van der Waals surface area contributed by atoms with Crippen LogP contribution in [0.4, 0.5) is 5.69 Å². The third kappa shape index (κ3) is 2.86. The van der Waals surface area contributed by atoms with E-state index in [4.69, 9.17) is 0 Å². The highest BCUT2D eigenvalue weighted by atomic mass is 32.1. The monoisotopic (exact) mass is 369 g/mol. The third-order valence-corrected chi connectivity index (χ3v) is 5.99. The summed E-state index contributed by atoms with van der Waals surface area (Å²) in [6.07, 6.45) is 0. The van der Waals surface area contributed by atoms with Gasteiger partial charge in [0, 0.05) is 16.5 Å². The lowest BCUT2D eigenvalue weighted by molar-refractivity contribution is -0.119. The number of hydrogen-bond acceptors (Lipinski definition) is 4. The minimum atomic E-state index is -0.584. The van der Waals surface area contributed by atoms with Crippen molar-refractivity contribution in [3.8, 4) is 0 Å². The van der Waals surface area contributed by atoms with Gasteiger partial charge in [0.25, 0.3) is 5.91 Å². The van der Waals surface area contributed by atoms with Gasteiger partial charge in [-0.25, -0.2) is 0 Å². The number of amides is 1. The highest BCUT2D eigenvalue weighted by Crippen LogP contribution is 2.44. The van der Waals surface area contributed by atoms with Gasteiger partial charge in [-0.2, -0.15) is 0 Å². The van der Waals surface area contributed by atoms with Crippen molar-refractivity contribution in [1.29, 1.82) is 0 Å². The summed E-state index contributed by atoms with van der Waals surface area (Å²) in [7, 11) is 0. The molecule has 1 N–H and O–H groups in total. The lowest BCUT2D eigenvalue weighted by atomic mass is 9.93. The van der Waals surface area contributed by atoms with Gasteiger partial charge in [0.2, 0.25) is 0 Å². The van der Waals surface area contributed by atoms with E-state index in [1.165, 1.54) is 11.3 Å². The van der Waals surface area contributed by atoms with Crippen molar-refractivity contribution in [2.24, 2.45) is 5.92 Å². The minimum absolute atomic E-state index is 0.194. The first-order valence-electron chi connectivity index (χ1n) is 8.66. The number of aliphatic hydroxyl groups excluding tert-OH is 1. The molecule has 1 unspecified atom stereocenters. The number of Topliss-reactive ketones (excluding diaryl/α,β-unsaturated/α-hetero) is 1. The van der Waals surface area contributed by atoms with Crippen molar-refractivity contribution in [3.63, 3.8) is 0 Å². The highest BCUT2D eigenvalue weighted by Gasteiger charge is 2.45. The van der Waals surface area contributed by atoms with Gasteiger partial charge in [0.05, 0.1) is 5.57 Å². The summed E-state index contributed by atoms with van der Waals surface area (Å²) in [6, 6.07) is 7.14. The highest BCUT2D eigenvalue weighted by molar-refractivity contribution is 7.10. The first-order valence-corrected chi connectivity index (χ1v) is 9.54. The molecule has 5 heteroatoms. The fourth-order valence-electron chi connectivity index (χ4n) is 3.22. The normalized spacial score (nSPS) is 17.5. The van der Waals surface area contributed by atoms with Crippen LogP contribution in [0.5, 0.6) is 0 Å². The number of nitrogens with zero attached hydrogens (tertiary/aromatic N) is 1. The van der Waals surface area contributed by atoms with Crippen LogP contribution in [0, 0.1) is 26.7 Å². The van der Waals surface area contributed by atoms with Crippen LogP contribution < -0.4 is 4.90 Å². The maximum Gasteiger partial charge on any atom is 0.294 e. The van der Waals surface area contributed by atoms with Crippen LogP contribution in [0.1, 0.15) is 41.5 Å². The van der Waals surface area contributed by atoms with Gasteiger partial charge >= 0.3 is 0 Å². The Hall–Kier alpha value is -2.40. The quantitative estimate of drug-likeness (QED) is 0.842. The molecule has 2 heterocycles. The van der Waals surface area contributed by atoms with Crippen LogP contribution in [0.25, 0.3) is 0 Å². The third-order valence-electron chi connectivity index (χ3n) is 4.92. The van der Waals surface area contributed by atoms with Crippen LogP contribution in [-0.2, 0) is 9.59 Å². The number of benzene rings is 1. The van der Waals surface area contributed by atoms with Crippen molar-refractivity contribution in [2.75, 3.05) is 4.90 Å². The molecule has 0 radical (unpaired) electrons. The van der Waals surface area contributed by atoms with Crippen LogP contribution in [0.2, 0.25) is 0 Å². The predicted octanol–water partition coefficient (Wildman–Crippen LogP) is 4.80. The van der Waals surface area contributed by atoms with Crippen molar-refractivity contribution < 1.29 is 14.7 Å². The maximum atomic E-state index is 12.9. The summed E-state index contributed by atoms with van der Waals surface area (Å²) >= 11 is 1.50. The number of carbonyl (C=O) groups excluding carboxylic acids is 2. The fourth-order valence-corrected chi connectivity index (χ4v) is 4.25. The molecule has 0 saturated carbocycles. The van der Waals surface area contributed by atoms with E-state index in [0.29, 0.717) is 5.69 Å². The van der Waals surface area contributed by atoms with E-state index in [1.807, 2.05) is 50.4 Å². The van der Waals surface area contributed by atoms with Gasteiger partial charge in [-0.15, -0.1) is 11.3 Å². The Kier molecular flexibility index (Phi) is 4.76. The van der Waals surface area contributed by atoms with Gasteiger partial charge in [-0.1, -0.05) is 19.9 Å². The molecule has 4 nitrogen and oxygen atoms in total. The molecule has 1 aliphatic heterocycles. The van der Waals surface area contributed by atoms with E-state index in [2.05, 4.69) is 0 Å². The van der Waals surface area contributed by atoms with E-state index >= 15 is 0 Å². The van der Waals surface area contributed by atoms with Crippen LogP contribution in [0.3, 0.4) is 0 Å². The summed E-state index contributed by atoms with van der Waals surface area (Å²) in [6.45, 7) is 9.52. The van der Waals surface area contributed by atoms with Gasteiger partial charge < -0.3 is 5.11 Å². The molecule has 1 aromatic carbocycles. The molecule has 0 bridgehead atoms. The maximum absolute atomic E-state index is 12.9. The molecule has 1 aromatic heterocycles. The molecule has 0 aliphatic carbocycles. The molecule has 1 aliphatic rings. The molecule has 1 amide bonds. The zero-order valence-electron chi connectivity index (χ0n) is 15.7. The van der Waals surface area contributed by atoms with Crippen molar-refractivity contribution >= 4 is 28.7 Å². The Balaban J connectivity index is 2.21. The largest absolute Gasteiger partial charge is 0.503 e. The van der Waals surface area contributed by atoms with Crippen LogP contribution in [-0.4, -0.2) is 16.8 Å². The summed E-state index contributed by atoms with van der Waals surface area (Å²) in [4.78, 5) is 28.2. The molecule has 2 aromatic rings. The number of carbonyl (C=O) groups is 2. The number of rotatable bonds is 4. The van der Waals surface area contributed by atoms with Crippen molar-refractivity contribution in [1.82, 2.24) is 0 Å². The molecule has 0 fully saturated rings. The van der Waals surface area contributed by atoms with E-state index < -0.39 is 17.7 Å². The van der Waals surface area contributed by atoms with E-state index in [0.717, 1.165) is 21.6 Å². The number of hydrogen-bond donors (Lipinski definition) is 1. The Morgan fingerprint density at radius 1 is 1.12 bits per heavy atom. The smallest absolute Gasteiger partial charge is 0.294 e. The second-order valence-corrected chi connectivity index (χ2v) is 8.04. The lowest BCUT2D eigenvalue weighted by Crippen LogP contribution is -2.31. The first kappa shape index (κ1) is 18.4. The Morgan fingerprint density at radius 3 is 2.35 bits per heavy atom. The number of anilines is 1. The number of thiophene rings is 1. The molecule has 1 atom stereocenters. The summed E-state index contributed by atoms with van der Waals surface area (Å²) in [5, 5.41) is 12.5. The summed E-state index contributed by atoms with van der Waals surface area (Å²) < 4.78 is 0. The van der Waals surface area contributed by atoms with Gasteiger partial charge in [0.15, 0.2) is 11.5 Å². The van der Waals surface area contributed by atoms with Crippen LogP contribution in [0.15, 0.2) is 41.0 Å². The Morgan fingerprint density at radius 2 is 1.81 bits per heavy atom. The molecular formula is C21H23NO3S. The van der Waals surface area contributed by atoms with Gasteiger partial charge in [-0.05, 0) is 61.0 Å². The minimum Gasteiger partial charge on any atom is -0.503 e. The summed E-state index contributed by atoms with van der Waals surface area (Å²) in [5.74, 6) is -1.45. The average molecular weight is 369 g/mol. The van der Waals surface area contributed by atoms with Crippen molar-refractivity contribution in [3.05, 3.63) is 62.5 Å². The van der Waals surface area contributed by atoms with E-state index in [9.17, 15) is 14.7 Å². The average Bonchev–Trinajstić information content (AvgIpc) is 3.11.